The lowest BCUT2D eigenvalue weighted by Crippen LogP contribution is -2.07. The van der Waals surface area contributed by atoms with Gasteiger partial charge in [-0.05, 0) is 37.6 Å². The first-order chi connectivity index (χ1) is 8.20. The summed E-state index contributed by atoms with van der Waals surface area (Å²) in [5, 5.41) is 0. The maximum atomic E-state index is 6.00. The molecule has 0 spiro atoms. The van der Waals surface area contributed by atoms with Crippen molar-refractivity contribution in [3.63, 3.8) is 0 Å². The van der Waals surface area contributed by atoms with Crippen molar-refractivity contribution in [1.29, 1.82) is 0 Å². The number of nitrogens with two attached hydrogens (primary N) is 1. The van der Waals surface area contributed by atoms with Gasteiger partial charge in [0.25, 0.3) is 0 Å². The second-order valence-corrected chi connectivity index (χ2v) is 5.93. The number of aryl methyl sites for hydroxylation is 1. The first-order valence-electron chi connectivity index (χ1n) is 5.72. The molecular weight excluding hydrogens is 250 g/mol. The number of hydrogen-bond donors (Lipinski definition) is 1. The van der Waals surface area contributed by atoms with Gasteiger partial charge in [0.2, 0.25) is 0 Å². The third-order valence-electron chi connectivity index (χ3n) is 2.87. The minimum absolute atomic E-state index is 0.373. The summed E-state index contributed by atoms with van der Waals surface area (Å²) in [6.45, 7) is 2.79. The largest absolute Gasteiger partial charge is 0.330 e. The molecule has 0 bridgehead atoms. The summed E-state index contributed by atoms with van der Waals surface area (Å²) < 4.78 is 0.842. The van der Waals surface area contributed by atoms with Crippen LogP contribution in [0.5, 0.6) is 0 Å². The Hall–Kier alpha value is -0.830. The fourth-order valence-electron chi connectivity index (χ4n) is 1.95. The maximum Gasteiger partial charge on any atom is 0.0931 e. The summed E-state index contributed by atoms with van der Waals surface area (Å²) in [5.41, 5.74) is 8.31. The third kappa shape index (κ3) is 3.09. The van der Waals surface area contributed by atoms with Gasteiger partial charge < -0.3 is 5.73 Å². The van der Waals surface area contributed by atoms with Crippen molar-refractivity contribution in [3.8, 4) is 0 Å². The van der Waals surface area contributed by atoms with E-state index in [0.29, 0.717) is 12.5 Å². The van der Waals surface area contributed by atoms with E-state index in [2.05, 4.69) is 37.3 Å². The van der Waals surface area contributed by atoms with Crippen LogP contribution in [-0.4, -0.2) is 6.54 Å². The number of halogens is 1. The second-order valence-electron chi connectivity index (χ2n) is 4.18. The molecule has 0 fully saturated rings. The third-order valence-corrected chi connectivity index (χ3v) is 4.22. The molecule has 1 aromatic heterocycles. The van der Waals surface area contributed by atoms with E-state index in [1.807, 2.05) is 6.07 Å². The molecule has 0 aliphatic rings. The summed E-state index contributed by atoms with van der Waals surface area (Å²) in [7, 11) is 0. The van der Waals surface area contributed by atoms with Gasteiger partial charge in [-0.1, -0.05) is 41.4 Å². The Balaban J connectivity index is 2.31. The molecular formula is C14H16ClNS. The Morgan fingerprint density at radius 1 is 1.18 bits per heavy atom. The molecule has 2 N–H and O–H groups in total. The molecule has 90 valence electrons. The summed E-state index contributed by atoms with van der Waals surface area (Å²) >= 11 is 7.65. The van der Waals surface area contributed by atoms with Crippen LogP contribution in [-0.2, 0) is 0 Å². The molecule has 0 saturated heterocycles. The Morgan fingerprint density at radius 2 is 1.88 bits per heavy atom. The lowest BCUT2D eigenvalue weighted by Gasteiger charge is -2.15. The first-order valence-corrected chi connectivity index (χ1v) is 6.92. The SMILES string of the molecule is Cc1ccc(C(CCN)c2ccc(Cl)s2)cc1. The molecule has 2 aromatic rings. The van der Waals surface area contributed by atoms with Crippen molar-refractivity contribution in [2.75, 3.05) is 6.54 Å². The highest BCUT2D eigenvalue weighted by molar-refractivity contribution is 7.16. The molecule has 17 heavy (non-hydrogen) atoms. The van der Waals surface area contributed by atoms with Crippen LogP contribution < -0.4 is 5.73 Å². The van der Waals surface area contributed by atoms with E-state index in [1.165, 1.54) is 16.0 Å². The highest BCUT2D eigenvalue weighted by Gasteiger charge is 2.15. The van der Waals surface area contributed by atoms with Crippen molar-refractivity contribution in [2.45, 2.75) is 19.3 Å². The van der Waals surface area contributed by atoms with Gasteiger partial charge in [0.1, 0.15) is 0 Å². The van der Waals surface area contributed by atoms with Crippen molar-refractivity contribution < 1.29 is 0 Å². The Morgan fingerprint density at radius 3 is 2.41 bits per heavy atom. The van der Waals surface area contributed by atoms with Gasteiger partial charge in [-0.3, -0.25) is 0 Å². The van der Waals surface area contributed by atoms with Crippen molar-refractivity contribution >= 4 is 22.9 Å². The number of thiophene rings is 1. The van der Waals surface area contributed by atoms with Crippen LogP contribution in [0.4, 0.5) is 0 Å². The van der Waals surface area contributed by atoms with Gasteiger partial charge in [0, 0.05) is 10.8 Å². The van der Waals surface area contributed by atoms with E-state index >= 15 is 0 Å². The van der Waals surface area contributed by atoms with Crippen LogP contribution >= 0.6 is 22.9 Å². The quantitative estimate of drug-likeness (QED) is 0.881. The average Bonchev–Trinajstić information content (AvgIpc) is 2.74. The molecule has 2 rings (SSSR count). The molecule has 1 nitrogen and oxygen atoms in total. The van der Waals surface area contributed by atoms with E-state index in [9.17, 15) is 0 Å². The second kappa shape index (κ2) is 5.67. The minimum Gasteiger partial charge on any atom is -0.330 e. The average molecular weight is 266 g/mol. The first kappa shape index (κ1) is 12.6. The van der Waals surface area contributed by atoms with E-state index in [0.717, 1.165) is 10.8 Å². The van der Waals surface area contributed by atoms with E-state index in [4.69, 9.17) is 17.3 Å². The van der Waals surface area contributed by atoms with Gasteiger partial charge in [0.05, 0.1) is 4.34 Å². The molecule has 1 aromatic carbocycles. The smallest absolute Gasteiger partial charge is 0.0931 e. The molecule has 0 aliphatic heterocycles. The monoisotopic (exact) mass is 265 g/mol. The van der Waals surface area contributed by atoms with E-state index in [-0.39, 0.29) is 0 Å². The topological polar surface area (TPSA) is 26.0 Å². The van der Waals surface area contributed by atoms with Crippen LogP contribution in [0.1, 0.15) is 28.3 Å². The zero-order chi connectivity index (χ0) is 12.3. The van der Waals surface area contributed by atoms with Crippen LogP contribution in [0.15, 0.2) is 36.4 Å². The number of rotatable bonds is 4. The van der Waals surface area contributed by atoms with E-state index in [1.54, 1.807) is 11.3 Å². The molecule has 0 radical (unpaired) electrons. The van der Waals surface area contributed by atoms with Gasteiger partial charge in [-0.2, -0.15) is 0 Å². The normalized spacial score (nSPS) is 12.6. The predicted molar refractivity (Wildman–Crippen MR) is 76.0 cm³/mol. The summed E-state index contributed by atoms with van der Waals surface area (Å²) in [4.78, 5) is 1.30. The summed E-state index contributed by atoms with van der Waals surface area (Å²) in [6, 6.07) is 12.7. The van der Waals surface area contributed by atoms with Crippen LogP contribution in [0.25, 0.3) is 0 Å². The minimum atomic E-state index is 0.373. The fourth-order valence-corrected chi connectivity index (χ4v) is 3.18. The molecule has 1 heterocycles. The standard InChI is InChI=1S/C14H16ClNS/c1-10-2-4-11(5-3-10)12(8-9-16)13-6-7-14(15)17-13/h2-7,12H,8-9,16H2,1H3. The fraction of sp³-hybridized carbons (Fsp3) is 0.286. The van der Waals surface area contributed by atoms with Gasteiger partial charge >= 0.3 is 0 Å². The zero-order valence-electron chi connectivity index (χ0n) is 9.82. The molecule has 1 unspecified atom stereocenters. The summed E-state index contributed by atoms with van der Waals surface area (Å²) in [6.07, 6.45) is 0.958. The van der Waals surface area contributed by atoms with Gasteiger partial charge in [-0.15, -0.1) is 11.3 Å². The van der Waals surface area contributed by atoms with Crippen molar-refractivity contribution in [3.05, 3.63) is 56.7 Å². The molecule has 0 saturated carbocycles. The molecule has 0 amide bonds. The van der Waals surface area contributed by atoms with Gasteiger partial charge in [0.15, 0.2) is 0 Å². The number of hydrogen-bond acceptors (Lipinski definition) is 2. The van der Waals surface area contributed by atoms with Gasteiger partial charge in [-0.25, -0.2) is 0 Å². The Bertz CT molecular complexity index is 475. The highest BCUT2D eigenvalue weighted by Crippen LogP contribution is 2.34. The van der Waals surface area contributed by atoms with Crippen LogP contribution in [0, 0.1) is 6.92 Å². The Labute approximate surface area is 111 Å². The van der Waals surface area contributed by atoms with Crippen LogP contribution in [0.2, 0.25) is 4.34 Å². The summed E-state index contributed by atoms with van der Waals surface area (Å²) in [5.74, 6) is 0.373. The predicted octanol–water partition coefficient (Wildman–Crippen LogP) is 4.19. The van der Waals surface area contributed by atoms with Crippen LogP contribution in [0.3, 0.4) is 0 Å². The molecule has 0 aliphatic carbocycles. The van der Waals surface area contributed by atoms with Crippen molar-refractivity contribution in [2.24, 2.45) is 5.73 Å². The van der Waals surface area contributed by atoms with Crippen molar-refractivity contribution in [1.82, 2.24) is 0 Å². The number of benzene rings is 1. The zero-order valence-corrected chi connectivity index (χ0v) is 11.4. The molecule has 3 heteroatoms. The Kier molecular flexibility index (Phi) is 4.21. The van der Waals surface area contributed by atoms with E-state index < -0.39 is 0 Å². The maximum absolute atomic E-state index is 6.00. The molecule has 1 atom stereocenters. The lowest BCUT2D eigenvalue weighted by molar-refractivity contribution is 0.737. The highest BCUT2D eigenvalue weighted by atomic mass is 35.5. The lowest BCUT2D eigenvalue weighted by atomic mass is 9.93.